The second kappa shape index (κ2) is 7.19. The summed E-state index contributed by atoms with van der Waals surface area (Å²) in [4.78, 5) is 31.9. The first-order valence-electron chi connectivity index (χ1n) is 7.03. The van der Waals surface area contributed by atoms with Crippen molar-refractivity contribution in [2.45, 2.75) is 26.8 Å². The van der Waals surface area contributed by atoms with Crippen molar-refractivity contribution in [2.24, 2.45) is 0 Å². The molecule has 0 aliphatic rings. The highest BCUT2D eigenvalue weighted by Crippen LogP contribution is 2.24. The van der Waals surface area contributed by atoms with Gasteiger partial charge in [0.1, 0.15) is 15.4 Å². The van der Waals surface area contributed by atoms with Crippen LogP contribution in [0.1, 0.15) is 50.6 Å². The number of aromatic nitrogens is 2. The van der Waals surface area contributed by atoms with Gasteiger partial charge in [-0.05, 0) is 32.9 Å². The van der Waals surface area contributed by atoms with Crippen LogP contribution in [-0.4, -0.2) is 33.6 Å². The number of aromatic carboxylic acids is 1. The normalized spacial score (nSPS) is 11.8. The van der Waals surface area contributed by atoms with E-state index in [1.165, 1.54) is 0 Å². The first-order chi connectivity index (χ1) is 10.9. The number of carboxylic acid groups (broad SMARTS) is 1. The summed E-state index contributed by atoms with van der Waals surface area (Å²) >= 11 is 1.06. The molecule has 0 saturated heterocycles. The van der Waals surface area contributed by atoms with E-state index in [9.17, 15) is 9.59 Å². The Hall–Kier alpha value is -2.48. The highest BCUT2D eigenvalue weighted by molar-refractivity contribution is 7.13. The molecule has 2 rings (SSSR count). The number of ether oxygens (including phenoxy) is 1. The second-order valence-electron chi connectivity index (χ2n) is 4.76. The molecular formula is C15H17N3O4S. The Morgan fingerprint density at radius 3 is 2.83 bits per heavy atom. The lowest BCUT2D eigenvalue weighted by Gasteiger charge is -2.13. The van der Waals surface area contributed by atoms with Crippen molar-refractivity contribution >= 4 is 23.2 Å². The van der Waals surface area contributed by atoms with Gasteiger partial charge >= 0.3 is 5.97 Å². The Morgan fingerprint density at radius 1 is 1.48 bits per heavy atom. The Bertz CT molecular complexity index is 729. The fraction of sp³-hybridized carbons (Fsp3) is 0.333. The Morgan fingerprint density at radius 2 is 2.22 bits per heavy atom. The predicted molar refractivity (Wildman–Crippen MR) is 85.1 cm³/mol. The number of hydrogen-bond donors (Lipinski definition) is 2. The summed E-state index contributed by atoms with van der Waals surface area (Å²) in [6.07, 6.45) is 1.55. The van der Waals surface area contributed by atoms with Crippen molar-refractivity contribution in [1.82, 2.24) is 15.3 Å². The number of thiazole rings is 1. The van der Waals surface area contributed by atoms with Crippen LogP contribution < -0.4 is 10.1 Å². The lowest BCUT2D eigenvalue weighted by molar-refractivity contribution is 0.0700. The van der Waals surface area contributed by atoms with Gasteiger partial charge in [0.05, 0.1) is 18.3 Å². The van der Waals surface area contributed by atoms with Gasteiger partial charge < -0.3 is 15.2 Å². The van der Waals surface area contributed by atoms with Crippen molar-refractivity contribution in [2.75, 3.05) is 6.61 Å². The number of carbonyl (C=O) groups excluding carboxylic acids is 1. The number of hydrogen-bond acceptors (Lipinski definition) is 6. The van der Waals surface area contributed by atoms with E-state index < -0.39 is 12.0 Å². The standard InChI is InChI=1S/C15H17N3O4S/c1-4-22-13-10(6-5-7-16-13)12(19)17-9(3)14-18-8(2)11(23-14)15(20)21/h5-7,9H,4H2,1-3H3,(H,17,19)(H,20,21). The van der Waals surface area contributed by atoms with Gasteiger partial charge in [0, 0.05) is 6.20 Å². The number of aryl methyl sites for hydroxylation is 1. The SMILES string of the molecule is CCOc1ncccc1C(=O)NC(C)c1nc(C)c(C(=O)O)s1. The third-order valence-electron chi connectivity index (χ3n) is 3.02. The molecule has 0 spiro atoms. The van der Waals surface area contributed by atoms with E-state index in [0.717, 1.165) is 11.3 Å². The molecule has 23 heavy (non-hydrogen) atoms. The highest BCUT2D eigenvalue weighted by Gasteiger charge is 2.21. The van der Waals surface area contributed by atoms with Crippen molar-refractivity contribution in [3.63, 3.8) is 0 Å². The zero-order valence-corrected chi connectivity index (χ0v) is 13.8. The molecule has 1 amide bonds. The smallest absolute Gasteiger partial charge is 0.347 e. The summed E-state index contributed by atoms with van der Waals surface area (Å²) in [6, 6.07) is 2.85. The summed E-state index contributed by atoms with van der Waals surface area (Å²) < 4.78 is 5.34. The zero-order chi connectivity index (χ0) is 17.0. The molecule has 2 N–H and O–H groups in total. The molecule has 8 heteroatoms. The van der Waals surface area contributed by atoms with Crippen LogP contribution >= 0.6 is 11.3 Å². The molecule has 0 saturated carbocycles. The van der Waals surface area contributed by atoms with Crippen LogP contribution in [0.4, 0.5) is 0 Å². The summed E-state index contributed by atoms with van der Waals surface area (Å²) in [6.45, 7) is 5.59. The van der Waals surface area contributed by atoms with E-state index in [1.807, 2.05) is 6.92 Å². The number of pyridine rings is 1. The maximum atomic E-state index is 12.4. The maximum Gasteiger partial charge on any atom is 0.347 e. The minimum atomic E-state index is -1.02. The lowest BCUT2D eigenvalue weighted by Crippen LogP contribution is -2.27. The average molecular weight is 335 g/mol. The maximum absolute atomic E-state index is 12.4. The molecule has 7 nitrogen and oxygen atoms in total. The van der Waals surface area contributed by atoms with Crippen molar-refractivity contribution in [3.8, 4) is 5.88 Å². The molecule has 1 atom stereocenters. The number of carbonyl (C=O) groups is 2. The van der Waals surface area contributed by atoms with Crippen LogP contribution in [0, 0.1) is 6.92 Å². The van der Waals surface area contributed by atoms with E-state index in [1.54, 1.807) is 32.2 Å². The van der Waals surface area contributed by atoms with Crippen molar-refractivity contribution < 1.29 is 19.4 Å². The fourth-order valence-corrected chi connectivity index (χ4v) is 2.86. The van der Waals surface area contributed by atoms with Gasteiger partial charge in [-0.25, -0.2) is 14.8 Å². The van der Waals surface area contributed by atoms with Crippen LogP contribution in [0.5, 0.6) is 5.88 Å². The summed E-state index contributed by atoms with van der Waals surface area (Å²) in [7, 11) is 0. The molecule has 0 bridgehead atoms. The zero-order valence-electron chi connectivity index (χ0n) is 13.0. The molecule has 122 valence electrons. The molecule has 0 aliphatic carbocycles. The molecule has 0 aliphatic heterocycles. The van der Waals surface area contributed by atoms with Crippen LogP contribution in [-0.2, 0) is 0 Å². The lowest BCUT2D eigenvalue weighted by atomic mass is 10.2. The second-order valence-corrected chi connectivity index (χ2v) is 5.79. The largest absolute Gasteiger partial charge is 0.477 e. The Balaban J connectivity index is 2.17. The number of nitrogens with zero attached hydrogens (tertiary/aromatic N) is 2. The van der Waals surface area contributed by atoms with Gasteiger partial charge in [0.2, 0.25) is 5.88 Å². The third-order valence-corrected chi connectivity index (χ3v) is 4.35. The molecule has 2 aromatic heterocycles. The molecule has 1 unspecified atom stereocenters. The summed E-state index contributed by atoms with van der Waals surface area (Å²) in [5, 5.41) is 12.4. The third kappa shape index (κ3) is 3.84. The van der Waals surface area contributed by atoms with Crippen molar-refractivity contribution in [3.05, 3.63) is 39.5 Å². The highest BCUT2D eigenvalue weighted by atomic mass is 32.1. The minimum absolute atomic E-state index is 0.178. The first-order valence-corrected chi connectivity index (χ1v) is 7.85. The van der Waals surface area contributed by atoms with Gasteiger partial charge in [-0.3, -0.25) is 4.79 Å². The van der Waals surface area contributed by atoms with Crippen LogP contribution in [0.2, 0.25) is 0 Å². The van der Waals surface area contributed by atoms with Crippen molar-refractivity contribution in [1.29, 1.82) is 0 Å². The van der Waals surface area contributed by atoms with Crippen LogP contribution in [0.3, 0.4) is 0 Å². The van der Waals surface area contributed by atoms with Gasteiger partial charge in [0.25, 0.3) is 5.91 Å². The number of nitrogens with one attached hydrogen (secondary N) is 1. The van der Waals surface area contributed by atoms with Gasteiger partial charge in [-0.15, -0.1) is 11.3 Å². The van der Waals surface area contributed by atoms with E-state index in [2.05, 4.69) is 15.3 Å². The monoisotopic (exact) mass is 335 g/mol. The molecule has 0 radical (unpaired) electrons. The summed E-state index contributed by atoms with van der Waals surface area (Å²) in [5.41, 5.74) is 0.767. The quantitative estimate of drug-likeness (QED) is 0.841. The Labute approximate surface area is 137 Å². The molecular weight excluding hydrogens is 318 g/mol. The average Bonchev–Trinajstić information content (AvgIpc) is 2.90. The molecule has 2 aromatic rings. The topological polar surface area (TPSA) is 101 Å². The van der Waals surface area contributed by atoms with Crippen LogP contribution in [0.25, 0.3) is 0 Å². The van der Waals surface area contributed by atoms with Gasteiger partial charge in [0.15, 0.2) is 0 Å². The molecule has 2 heterocycles. The van der Waals surface area contributed by atoms with E-state index in [4.69, 9.17) is 9.84 Å². The van der Waals surface area contributed by atoms with Gasteiger partial charge in [-0.2, -0.15) is 0 Å². The summed E-state index contributed by atoms with van der Waals surface area (Å²) in [5.74, 6) is -1.10. The number of amides is 1. The van der Waals surface area contributed by atoms with E-state index >= 15 is 0 Å². The number of carboxylic acids is 1. The van der Waals surface area contributed by atoms with Gasteiger partial charge in [-0.1, -0.05) is 0 Å². The first kappa shape index (κ1) is 16.9. The number of rotatable bonds is 6. The van der Waals surface area contributed by atoms with E-state index in [0.29, 0.717) is 22.9 Å². The molecule has 0 aromatic carbocycles. The molecule has 0 fully saturated rings. The predicted octanol–water partition coefficient (Wildman–Crippen LogP) is 2.43. The van der Waals surface area contributed by atoms with Crippen LogP contribution in [0.15, 0.2) is 18.3 Å². The fourth-order valence-electron chi connectivity index (χ4n) is 1.95. The van der Waals surface area contributed by atoms with E-state index in [-0.39, 0.29) is 16.7 Å². The minimum Gasteiger partial charge on any atom is -0.477 e. The Kier molecular flexibility index (Phi) is 5.28.